The molecule has 0 bridgehead atoms. The summed E-state index contributed by atoms with van der Waals surface area (Å²) < 4.78 is 24.9. The van der Waals surface area contributed by atoms with Crippen molar-refractivity contribution in [3.63, 3.8) is 0 Å². The lowest BCUT2D eigenvalue weighted by atomic mass is 10.1. The topological polar surface area (TPSA) is 72.9 Å². The lowest BCUT2D eigenvalue weighted by Gasteiger charge is -2.25. The molecule has 0 saturated carbocycles. The first kappa shape index (κ1) is 33.7. The Hall–Kier alpha value is 0.530. The van der Waals surface area contributed by atoms with Crippen molar-refractivity contribution in [2.24, 2.45) is 0 Å². The van der Waals surface area contributed by atoms with E-state index in [-0.39, 0.29) is 12.6 Å². The summed E-state index contributed by atoms with van der Waals surface area (Å²) >= 11 is 40.2. The Morgan fingerprint density at radius 2 is 1.68 bits per heavy atom. The van der Waals surface area contributed by atoms with E-state index >= 15 is 0 Å². The van der Waals surface area contributed by atoms with Gasteiger partial charge >= 0.3 is 7.82 Å². The van der Waals surface area contributed by atoms with Crippen LogP contribution in [-0.2, 0) is 18.1 Å². The number of hydrogen-bond acceptors (Lipinski definition) is 7. The summed E-state index contributed by atoms with van der Waals surface area (Å²) in [6.45, 7) is 5.14. The van der Waals surface area contributed by atoms with Crippen molar-refractivity contribution in [3.8, 4) is 0 Å². The van der Waals surface area contributed by atoms with E-state index in [1.54, 1.807) is 6.20 Å². The molecule has 0 aliphatic rings. The summed E-state index contributed by atoms with van der Waals surface area (Å²) in [6, 6.07) is 7.84. The highest BCUT2D eigenvalue weighted by Crippen LogP contribution is 2.52. The van der Waals surface area contributed by atoms with Crippen LogP contribution in [0.3, 0.4) is 0 Å². The standard InChI is InChI=1S/C22H29Cl7N3O4P/c1-3-32(11-12-34-37(33,35-14-21(24,25)26)36-15-22(27,28)29)10-4-5-16(2)31-19-8-9-30-20-13-17(23)6-7-18(19)20/h6-9,13,16H,3-5,10-12,14-15H2,1-2H3,(H,30,31)/t16-/m1/s1. The summed E-state index contributed by atoms with van der Waals surface area (Å²) in [5.41, 5.74) is 1.85. The fraction of sp³-hybridized carbons (Fsp3) is 0.591. The molecule has 1 aromatic carbocycles. The summed E-state index contributed by atoms with van der Waals surface area (Å²) in [6.07, 6.45) is 3.60. The number of phosphoric ester groups is 1. The number of fused-ring (bicyclic) bond motifs is 1. The minimum atomic E-state index is -4.14. The van der Waals surface area contributed by atoms with Gasteiger partial charge in [-0.15, -0.1) is 0 Å². The second kappa shape index (κ2) is 15.5. The van der Waals surface area contributed by atoms with Gasteiger partial charge in [-0.2, -0.15) is 0 Å². The molecular formula is C22H29Cl7N3O4P. The molecule has 0 radical (unpaired) electrons. The Bertz CT molecular complexity index is 1020. The Kier molecular flexibility index (Phi) is 14.1. The number of aromatic nitrogens is 1. The first-order valence-corrected chi connectivity index (χ1v) is 15.5. The zero-order chi connectivity index (χ0) is 27.7. The maximum absolute atomic E-state index is 12.9. The van der Waals surface area contributed by atoms with Crippen LogP contribution in [0.15, 0.2) is 30.5 Å². The number of pyridine rings is 1. The predicted octanol–water partition coefficient (Wildman–Crippen LogP) is 8.69. The van der Waals surface area contributed by atoms with Crippen molar-refractivity contribution in [2.45, 2.75) is 40.3 Å². The van der Waals surface area contributed by atoms with E-state index in [4.69, 9.17) is 94.8 Å². The van der Waals surface area contributed by atoms with Crippen LogP contribution in [0.4, 0.5) is 5.69 Å². The second-order valence-electron chi connectivity index (χ2n) is 8.20. The van der Waals surface area contributed by atoms with Crippen molar-refractivity contribution in [2.75, 3.05) is 44.8 Å². The van der Waals surface area contributed by atoms with E-state index in [2.05, 4.69) is 22.1 Å². The molecule has 1 N–H and O–H groups in total. The van der Waals surface area contributed by atoms with Crippen LogP contribution in [0.25, 0.3) is 10.9 Å². The van der Waals surface area contributed by atoms with Gasteiger partial charge in [0.15, 0.2) is 0 Å². The van der Waals surface area contributed by atoms with E-state index in [0.717, 1.165) is 42.5 Å². The van der Waals surface area contributed by atoms with Crippen LogP contribution in [0.5, 0.6) is 0 Å². The van der Waals surface area contributed by atoms with Crippen molar-refractivity contribution < 1.29 is 18.1 Å². The van der Waals surface area contributed by atoms with Gasteiger partial charge in [0.25, 0.3) is 0 Å². The van der Waals surface area contributed by atoms with E-state index in [1.165, 1.54) is 0 Å². The summed E-state index contributed by atoms with van der Waals surface area (Å²) in [7, 11) is -4.14. The van der Waals surface area contributed by atoms with Crippen LogP contribution >= 0.6 is 89.0 Å². The van der Waals surface area contributed by atoms with E-state index in [1.807, 2.05) is 31.2 Å². The van der Waals surface area contributed by atoms with Crippen LogP contribution in [0.1, 0.15) is 26.7 Å². The summed E-state index contributed by atoms with van der Waals surface area (Å²) in [5, 5.41) is 5.22. The van der Waals surface area contributed by atoms with E-state index in [9.17, 15) is 4.57 Å². The number of likely N-dealkylation sites (N-methyl/N-ethyl adjacent to an activating group) is 1. The quantitative estimate of drug-likeness (QED) is 0.149. The van der Waals surface area contributed by atoms with Crippen molar-refractivity contribution in [1.82, 2.24) is 9.88 Å². The fourth-order valence-corrected chi connectivity index (χ4v) is 5.51. The number of alkyl halides is 6. The molecule has 37 heavy (non-hydrogen) atoms. The molecule has 0 spiro atoms. The number of phosphoric acid groups is 1. The SMILES string of the molecule is CCN(CCC[C@@H](C)Nc1ccnc2cc(Cl)ccc12)CCOP(=O)(OCC(Cl)(Cl)Cl)OCC(Cl)(Cl)Cl. The molecule has 1 heterocycles. The van der Waals surface area contributed by atoms with Gasteiger partial charge in [-0.1, -0.05) is 88.1 Å². The van der Waals surface area contributed by atoms with E-state index < -0.39 is 28.6 Å². The van der Waals surface area contributed by atoms with Crippen LogP contribution in [0, 0.1) is 0 Å². The molecule has 0 unspecified atom stereocenters. The summed E-state index contributed by atoms with van der Waals surface area (Å²) in [4.78, 5) is 6.52. The second-order valence-corrected chi connectivity index (χ2v) is 15.3. The Balaban J connectivity index is 1.82. The highest BCUT2D eigenvalue weighted by molar-refractivity contribution is 7.48. The average molecular weight is 679 g/mol. The first-order chi connectivity index (χ1) is 17.2. The molecular weight excluding hydrogens is 649 g/mol. The number of rotatable bonds is 15. The molecule has 0 fully saturated rings. The van der Waals surface area contributed by atoms with Gasteiger partial charge in [-0.25, -0.2) is 4.57 Å². The minimum absolute atomic E-state index is 0.0319. The van der Waals surface area contributed by atoms with Crippen LogP contribution in [-0.4, -0.2) is 63.0 Å². The highest BCUT2D eigenvalue weighted by Gasteiger charge is 2.35. The normalized spacial score (nSPS) is 13.9. The monoisotopic (exact) mass is 675 g/mol. The van der Waals surface area contributed by atoms with Gasteiger partial charge in [-0.05, 0) is 57.1 Å². The van der Waals surface area contributed by atoms with E-state index in [0.29, 0.717) is 11.6 Å². The zero-order valence-electron chi connectivity index (χ0n) is 20.2. The molecule has 1 aromatic heterocycles. The smallest absolute Gasteiger partial charge is 0.382 e. The van der Waals surface area contributed by atoms with Crippen molar-refractivity contribution in [3.05, 3.63) is 35.5 Å². The summed E-state index contributed by atoms with van der Waals surface area (Å²) in [5.74, 6) is 0. The van der Waals surface area contributed by atoms with Gasteiger partial charge < -0.3 is 10.2 Å². The highest BCUT2D eigenvalue weighted by atomic mass is 35.6. The third-order valence-corrected chi connectivity index (χ3v) is 7.37. The minimum Gasteiger partial charge on any atom is -0.382 e. The first-order valence-electron chi connectivity index (χ1n) is 11.4. The molecule has 0 saturated heterocycles. The zero-order valence-corrected chi connectivity index (χ0v) is 26.4. The Labute approximate surface area is 252 Å². The number of nitrogens with zero attached hydrogens (tertiary/aromatic N) is 2. The molecule has 2 aromatic rings. The molecule has 210 valence electrons. The lowest BCUT2D eigenvalue weighted by Crippen LogP contribution is -2.29. The number of nitrogens with one attached hydrogen (secondary N) is 1. The Morgan fingerprint density at radius 3 is 2.27 bits per heavy atom. The molecule has 0 aliphatic carbocycles. The van der Waals surface area contributed by atoms with Gasteiger partial charge in [-0.3, -0.25) is 18.6 Å². The number of halogens is 7. The lowest BCUT2D eigenvalue weighted by molar-refractivity contribution is 0.104. The molecule has 0 aliphatic heterocycles. The number of hydrogen-bond donors (Lipinski definition) is 1. The Morgan fingerprint density at radius 1 is 1.03 bits per heavy atom. The maximum atomic E-state index is 12.9. The maximum Gasteiger partial charge on any atom is 0.475 e. The molecule has 1 atom stereocenters. The number of anilines is 1. The van der Waals surface area contributed by atoms with Crippen LogP contribution < -0.4 is 5.32 Å². The average Bonchev–Trinajstić information content (AvgIpc) is 2.80. The third-order valence-electron chi connectivity index (χ3n) is 5.09. The van der Waals surface area contributed by atoms with Crippen LogP contribution in [0.2, 0.25) is 5.02 Å². The predicted molar refractivity (Wildman–Crippen MR) is 157 cm³/mol. The molecule has 7 nitrogen and oxygen atoms in total. The van der Waals surface area contributed by atoms with Gasteiger partial charge in [0.2, 0.25) is 7.59 Å². The largest absolute Gasteiger partial charge is 0.475 e. The molecule has 0 amide bonds. The van der Waals surface area contributed by atoms with Crippen molar-refractivity contribution in [1.29, 1.82) is 0 Å². The van der Waals surface area contributed by atoms with Crippen molar-refractivity contribution >= 4 is 106 Å². The molecule has 2 rings (SSSR count). The number of benzene rings is 1. The molecule has 15 heteroatoms. The van der Waals surface area contributed by atoms with Gasteiger partial charge in [0.1, 0.15) is 13.2 Å². The third kappa shape index (κ3) is 13.6. The fourth-order valence-electron chi connectivity index (χ4n) is 3.33. The van der Waals surface area contributed by atoms with Gasteiger partial charge in [0, 0.05) is 34.9 Å². The van der Waals surface area contributed by atoms with Gasteiger partial charge in [0.05, 0.1) is 12.1 Å².